The molecule has 3 atom stereocenters. The molecule has 214 valence electrons. The molecular weight excluding hydrogens is 498 g/mol. The van der Waals surface area contributed by atoms with Crippen LogP contribution in [-0.4, -0.2) is 93.8 Å². The third-order valence-corrected chi connectivity index (χ3v) is 7.69. The van der Waals surface area contributed by atoms with Crippen molar-refractivity contribution in [3.63, 3.8) is 0 Å². The van der Waals surface area contributed by atoms with Gasteiger partial charge < -0.3 is 29.9 Å². The molecule has 2 bridgehead atoms. The minimum absolute atomic E-state index is 0.0131. The number of hydrogen-bond donors (Lipinski definition) is 2. The van der Waals surface area contributed by atoms with E-state index in [0.29, 0.717) is 38.2 Å². The lowest BCUT2D eigenvalue weighted by Gasteiger charge is -2.35. The van der Waals surface area contributed by atoms with Crippen LogP contribution in [0.1, 0.15) is 51.6 Å². The third-order valence-electron chi connectivity index (χ3n) is 7.69. The normalized spacial score (nSPS) is 21.9. The molecule has 0 unspecified atom stereocenters. The minimum atomic E-state index is -0.366. The fraction of sp³-hybridized carbons (Fsp3) is 0.643. The molecule has 3 amide bonds. The maximum Gasteiger partial charge on any atom is 0.321 e. The zero-order valence-corrected chi connectivity index (χ0v) is 23.5. The summed E-state index contributed by atoms with van der Waals surface area (Å²) >= 11 is 0. The first kappa shape index (κ1) is 28.8. The van der Waals surface area contributed by atoms with E-state index in [1.54, 1.807) is 21.5 Å². The Morgan fingerprint density at radius 2 is 1.92 bits per heavy atom. The highest BCUT2D eigenvalue weighted by molar-refractivity contribution is 5.89. The van der Waals surface area contributed by atoms with Gasteiger partial charge in [-0.25, -0.2) is 4.79 Å². The zero-order valence-electron chi connectivity index (χ0n) is 23.5. The average molecular weight is 542 g/mol. The van der Waals surface area contributed by atoms with Gasteiger partial charge in [-0.05, 0) is 56.9 Å². The molecule has 3 heterocycles. The fourth-order valence-electron chi connectivity index (χ4n) is 5.17. The SMILES string of the molecule is C[C@H]1CN([C@@H](C)CO)C(=O)CCCn2cc(nn2)CO[C@@H]1CN(C)C(=O)Nc1ccc(N2CCCCC2)cc1. The van der Waals surface area contributed by atoms with Crippen LogP contribution in [-0.2, 0) is 22.7 Å². The number of nitrogens with zero attached hydrogens (tertiary/aromatic N) is 6. The van der Waals surface area contributed by atoms with Gasteiger partial charge in [-0.1, -0.05) is 12.1 Å². The van der Waals surface area contributed by atoms with E-state index in [9.17, 15) is 14.7 Å². The molecule has 11 nitrogen and oxygen atoms in total. The lowest BCUT2D eigenvalue weighted by atomic mass is 10.0. The number of carbonyl (C=O) groups excluding carboxylic acids is 2. The summed E-state index contributed by atoms with van der Waals surface area (Å²) in [6.07, 6.45) is 6.18. The molecule has 39 heavy (non-hydrogen) atoms. The number of carbonyl (C=O) groups is 2. The number of aryl methyl sites for hydroxylation is 1. The summed E-state index contributed by atoms with van der Waals surface area (Å²) in [6.45, 7) is 7.47. The van der Waals surface area contributed by atoms with Crippen molar-refractivity contribution in [2.45, 2.75) is 71.2 Å². The van der Waals surface area contributed by atoms with Crippen LogP contribution in [0.3, 0.4) is 0 Å². The van der Waals surface area contributed by atoms with Gasteiger partial charge in [0.15, 0.2) is 0 Å². The number of likely N-dealkylation sites (N-methyl/N-ethyl adjacent to an activating group) is 1. The Bertz CT molecular complexity index is 1070. The number of anilines is 2. The molecule has 4 rings (SSSR count). The molecule has 1 fully saturated rings. The second kappa shape index (κ2) is 13.7. The molecule has 0 aliphatic carbocycles. The van der Waals surface area contributed by atoms with Gasteiger partial charge in [0.1, 0.15) is 5.69 Å². The Kier molecular flexibility index (Phi) is 10.2. The van der Waals surface area contributed by atoms with Gasteiger partial charge in [0.05, 0.1) is 31.6 Å². The van der Waals surface area contributed by atoms with Crippen LogP contribution in [0.2, 0.25) is 0 Å². The molecule has 0 spiro atoms. The lowest BCUT2D eigenvalue weighted by molar-refractivity contribution is -0.136. The molecule has 2 aliphatic rings. The Hall–Kier alpha value is -3.18. The Morgan fingerprint density at radius 1 is 1.18 bits per heavy atom. The standard InChI is InChI=1S/C28H43N7O4/c1-21-16-35(22(2)19-36)27(37)8-7-15-34-17-24(30-31-34)20-39-26(21)18-32(3)28(38)29-23-9-11-25(12-10-23)33-13-5-4-6-14-33/h9-12,17,21-22,26,36H,4-8,13-16,18-20H2,1-3H3,(H,29,38)/t21-,22-,26+/m0/s1. The monoisotopic (exact) mass is 541 g/mol. The number of amides is 3. The number of nitrogens with one attached hydrogen (secondary N) is 1. The van der Waals surface area contributed by atoms with Gasteiger partial charge in [-0.15, -0.1) is 5.10 Å². The Morgan fingerprint density at radius 3 is 2.64 bits per heavy atom. The largest absolute Gasteiger partial charge is 0.394 e. The molecule has 2 N–H and O–H groups in total. The van der Waals surface area contributed by atoms with Crippen LogP contribution >= 0.6 is 0 Å². The predicted octanol–water partition coefficient (Wildman–Crippen LogP) is 2.96. The molecule has 0 radical (unpaired) electrons. The Balaban J connectivity index is 1.42. The smallest absolute Gasteiger partial charge is 0.321 e. The highest BCUT2D eigenvalue weighted by atomic mass is 16.5. The number of hydrogen-bond acceptors (Lipinski definition) is 7. The van der Waals surface area contributed by atoms with E-state index in [1.807, 2.05) is 32.2 Å². The molecule has 2 aliphatic heterocycles. The zero-order chi connectivity index (χ0) is 27.8. The van der Waals surface area contributed by atoms with E-state index in [2.05, 4.69) is 32.7 Å². The van der Waals surface area contributed by atoms with Crippen molar-refractivity contribution in [1.82, 2.24) is 24.8 Å². The summed E-state index contributed by atoms with van der Waals surface area (Å²) in [5.74, 6) is -0.112. The fourth-order valence-corrected chi connectivity index (χ4v) is 5.17. The highest BCUT2D eigenvalue weighted by Gasteiger charge is 2.29. The average Bonchev–Trinajstić information content (AvgIpc) is 3.41. The molecule has 1 aromatic heterocycles. The first-order chi connectivity index (χ1) is 18.8. The van der Waals surface area contributed by atoms with Crippen LogP contribution in [0.15, 0.2) is 30.5 Å². The minimum Gasteiger partial charge on any atom is -0.394 e. The van der Waals surface area contributed by atoms with E-state index < -0.39 is 0 Å². The van der Waals surface area contributed by atoms with Gasteiger partial charge in [0, 0.05) is 63.5 Å². The molecule has 1 saturated heterocycles. The summed E-state index contributed by atoms with van der Waals surface area (Å²) in [5.41, 5.74) is 2.63. The lowest BCUT2D eigenvalue weighted by Crippen LogP contribution is -2.48. The number of aliphatic hydroxyl groups is 1. The molecule has 2 aromatic rings. The number of fused-ring (bicyclic) bond motifs is 2. The van der Waals surface area contributed by atoms with Crippen molar-refractivity contribution in [3.8, 4) is 0 Å². The van der Waals surface area contributed by atoms with Gasteiger partial charge in [0.2, 0.25) is 5.91 Å². The maximum atomic E-state index is 13.1. The number of ether oxygens (including phenoxy) is 1. The summed E-state index contributed by atoms with van der Waals surface area (Å²) in [5, 5.41) is 21.1. The quantitative estimate of drug-likeness (QED) is 0.578. The van der Waals surface area contributed by atoms with E-state index in [0.717, 1.165) is 18.8 Å². The van der Waals surface area contributed by atoms with Crippen LogP contribution in [0.5, 0.6) is 0 Å². The van der Waals surface area contributed by atoms with Crippen LogP contribution in [0.25, 0.3) is 0 Å². The topological polar surface area (TPSA) is 116 Å². The van der Waals surface area contributed by atoms with Crippen molar-refractivity contribution in [1.29, 1.82) is 0 Å². The van der Waals surface area contributed by atoms with Crippen molar-refractivity contribution in [2.24, 2.45) is 5.92 Å². The maximum absolute atomic E-state index is 13.1. The van der Waals surface area contributed by atoms with E-state index in [-0.39, 0.29) is 43.2 Å². The number of aromatic nitrogens is 3. The summed E-state index contributed by atoms with van der Waals surface area (Å²) in [6, 6.07) is 7.46. The van der Waals surface area contributed by atoms with Crippen molar-refractivity contribution < 1.29 is 19.4 Å². The van der Waals surface area contributed by atoms with E-state index in [1.165, 1.54) is 24.9 Å². The van der Waals surface area contributed by atoms with Gasteiger partial charge in [-0.2, -0.15) is 0 Å². The number of piperidine rings is 1. The number of aliphatic hydroxyl groups excluding tert-OH is 1. The van der Waals surface area contributed by atoms with Crippen LogP contribution < -0.4 is 10.2 Å². The van der Waals surface area contributed by atoms with Crippen LogP contribution in [0, 0.1) is 5.92 Å². The van der Waals surface area contributed by atoms with Crippen molar-refractivity contribution in [3.05, 3.63) is 36.2 Å². The molecule has 0 saturated carbocycles. The number of benzene rings is 1. The van der Waals surface area contributed by atoms with E-state index >= 15 is 0 Å². The van der Waals surface area contributed by atoms with Gasteiger partial charge in [0.25, 0.3) is 0 Å². The van der Waals surface area contributed by atoms with Crippen LogP contribution in [0.4, 0.5) is 16.2 Å². The predicted molar refractivity (Wildman–Crippen MR) is 149 cm³/mol. The highest BCUT2D eigenvalue weighted by Crippen LogP contribution is 2.22. The first-order valence-electron chi connectivity index (χ1n) is 14.1. The summed E-state index contributed by atoms with van der Waals surface area (Å²) in [4.78, 5) is 31.9. The number of urea groups is 1. The second-order valence-corrected chi connectivity index (χ2v) is 10.9. The van der Waals surface area contributed by atoms with Crippen molar-refractivity contribution >= 4 is 23.3 Å². The molecule has 11 heteroatoms. The second-order valence-electron chi connectivity index (χ2n) is 10.9. The van der Waals surface area contributed by atoms with Gasteiger partial charge >= 0.3 is 6.03 Å². The van der Waals surface area contributed by atoms with Crippen molar-refractivity contribution in [2.75, 3.05) is 50.1 Å². The summed E-state index contributed by atoms with van der Waals surface area (Å²) in [7, 11) is 1.74. The van der Waals surface area contributed by atoms with E-state index in [4.69, 9.17) is 4.74 Å². The third kappa shape index (κ3) is 7.92. The van der Waals surface area contributed by atoms with Gasteiger partial charge in [-0.3, -0.25) is 9.48 Å². The summed E-state index contributed by atoms with van der Waals surface area (Å²) < 4.78 is 7.99. The Labute approximate surface area is 231 Å². The number of rotatable bonds is 6. The first-order valence-corrected chi connectivity index (χ1v) is 14.1. The molecular formula is C28H43N7O4. The molecule has 1 aromatic carbocycles.